The van der Waals surface area contributed by atoms with Crippen molar-refractivity contribution in [2.45, 2.75) is 38.1 Å². The third-order valence-corrected chi connectivity index (χ3v) is 6.78. The summed E-state index contributed by atoms with van der Waals surface area (Å²) in [5.74, 6) is -0.532. The average molecular weight is 432 g/mol. The predicted octanol–water partition coefficient (Wildman–Crippen LogP) is 1.84. The van der Waals surface area contributed by atoms with Crippen molar-refractivity contribution in [1.82, 2.24) is 20.0 Å². The van der Waals surface area contributed by atoms with E-state index in [1.54, 1.807) is 12.1 Å². The number of hydrogen-bond donors (Lipinski definition) is 2. The lowest BCUT2D eigenvalue weighted by Crippen LogP contribution is -2.55. The molecule has 3 aliphatic rings. The summed E-state index contributed by atoms with van der Waals surface area (Å²) in [5, 5.41) is 5.70. The molecule has 2 atom stereocenters. The number of nitrogens with zero attached hydrogens (tertiary/aromatic N) is 3. The summed E-state index contributed by atoms with van der Waals surface area (Å²) in [6.07, 6.45) is 3.72. The highest BCUT2D eigenvalue weighted by molar-refractivity contribution is 6.07. The predicted molar refractivity (Wildman–Crippen MR) is 114 cm³/mol. The molecule has 0 radical (unpaired) electrons. The van der Waals surface area contributed by atoms with Gasteiger partial charge in [-0.25, -0.2) is 14.1 Å². The van der Waals surface area contributed by atoms with Crippen LogP contribution in [0.15, 0.2) is 24.3 Å². The van der Waals surface area contributed by atoms with Gasteiger partial charge in [-0.1, -0.05) is 25.8 Å². The first kappa shape index (κ1) is 21.7. The minimum atomic E-state index is -0.730. The van der Waals surface area contributed by atoms with E-state index in [1.807, 2.05) is 4.90 Å². The van der Waals surface area contributed by atoms with Crippen molar-refractivity contribution in [2.75, 3.05) is 44.7 Å². The van der Waals surface area contributed by atoms with Gasteiger partial charge in [-0.15, -0.1) is 0 Å². The van der Waals surface area contributed by atoms with Gasteiger partial charge >= 0.3 is 6.03 Å². The fraction of sp³-hybridized carbons (Fsp3) is 0.591. The van der Waals surface area contributed by atoms with Crippen LogP contribution in [-0.2, 0) is 9.59 Å². The summed E-state index contributed by atoms with van der Waals surface area (Å²) in [7, 11) is 0. The lowest BCUT2D eigenvalue weighted by atomic mass is 9.73. The summed E-state index contributed by atoms with van der Waals surface area (Å²) in [5.41, 5.74) is -0.292. The highest BCUT2D eigenvalue weighted by Crippen LogP contribution is 2.38. The fourth-order valence-electron chi connectivity index (χ4n) is 4.88. The molecular weight excluding hydrogens is 401 g/mol. The Morgan fingerprint density at radius 2 is 1.94 bits per heavy atom. The van der Waals surface area contributed by atoms with Gasteiger partial charge in [-0.05, 0) is 37.0 Å². The molecule has 1 spiro atoms. The van der Waals surface area contributed by atoms with Gasteiger partial charge in [0.05, 0.1) is 13.2 Å². The molecule has 1 saturated carbocycles. The van der Waals surface area contributed by atoms with E-state index in [9.17, 15) is 18.8 Å². The number of piperazine rings is 1. The third-order valence-electron chi connectivity index (χ3n) is 6.78. The van der Waals surface area contributed by atoms with Gasteiger partial charge in [0.25, 0.3) is 5.91 Å². The molecule has 2 aliphatic heterocycles. The molecule has 0 unspecified atom stereocenters. The molecule has 3 fully saturated rings. The highest BCUT2D eigenvalue weighted by atomic mass is 19.1. The number of carbonyl (C=O) groups excluding carboxylic acids is 3. The summed E-state index contributed by atoms with van der Waals surface area (Å²) < 4.78 is 13.3. The molecule has 31 heavy (non-hydrogen) atoms. The quantitative estimate of drug-likeness (QED) is 0.695. The van der Waals surface area contributed by atoms with Gasteiger partial charge in [-0.2, -0.15) is 0 Å². The topological polar surface area (TPSA) is 85.0 Å². The van der Waals surface area contributed by atoms with Crippen molar-refractivity contribution in [3.63, 3.8) is 0 Å². The van der Waals surface area contributed by atoms with Crippen molar-refractivity contribution < 1.29 is 18.8 Å². The van der Waals surface area contributed by atoms with E-state index in [2.05, 4.69) is 22.5 Å². The number of anilines is 1. The number of hydrogen-bond acceptors (Lipinski definition) is 5. The van der Waals surface area contributed by atoms with E-state index >= 15 is 0 Å². The van der Waals surface area contributed by atoms with Gasteiger partial charge in [0.2, 0.25) is 5.91 Å². The van der Waals surface area contributed by atoms with Crippen LogP contribution in [0.1, 0.15) is 32.6 Å². The van der Waals surface area contributed by atoms with E-state index < -0.39 is 11.4 Å². The molecule has 0 bridgehead atoms. The van der Waals surface area contributed by atoms with Crippen molar-refractivity contribution >= 4 is 23.5 Å². The lowest BCUT2D eigenvalue weighted by Gasteiger charge is -2.38. The lowest BCUT2D eigenvalue weighted by molar-refractivity contribution is -0.136. The minimum absolute atomic E-state index is 0.0957. The van der Waals surface area contributed by atoms with E-state index in [0.29, 0.717) is 38.3 Å². The highest BCUT2D eigenvalue weighted by Gasteiger charge is 2.55. The van der Waals surface area contributed by atoms with Crippen LogP contribution in [0.2, 0.25) is 0 Å². The molecule has 1 aliphatic carbocycles. The Morgan fingerprint density at radius 3 is 2.65 bits per heavy atom. The second kappa shape index (κ2) is 8.92. The molecule has 1 aromatic carbocycles. The maximum absolute atomic E-state index is 13.3. The summed E-state index contributed by atoms with van der Waals surface area (Å²) in [4.78, 5) is 43.4. The van der Waals surface area contributed by atoms with Crippen LogP contribution in [0.5, 0.6) is 0 Å². The largest absolute Gasteiger partial charge is 0.326 e. The van der Waals surface area contributed by atoms with Crippen molar-refractivity contribution in [2.24, 2.45) is 5.92 Å². The molecule has 2 heterocycles. The van der Waals surface area contributed by atoms with Crippen LogP contribution in [0.25, 0.3) is 0 Å². The number of imide groups is 1. The molecule has 0 aromatic heterocycles. The first-order chi connectivity index (χ1) is 14.9. The van der Waals surface area contributed by atoms with E-state index in [0.717, 1.165) is 19.3 Å². The van der Waals surface area contributed by atoms with Crippen LogP contribution < -0.4 is 10.6 Å². The molecule has 8 nitrogen and oxygen atoms in total. The Morgan fingerprint density at radius 1 is 1.19 bits per heavy atom. The zero-order valence-corrected chi connectivity index (χ0v) is 17.9. The van der Waals surface area contributed by atoms with E-state index in [4.69, 9.17) is 0 Å². The molecule has 4 rings (SSSR count). The fourth-order valence-corrected chi connectivity index (χ4v) is 4.88. The van der Waals surface area contributed by atoms with Crippen LogP contribution >= 0.6 is 0 Å². The standard InChI is InChI=1S/C22H30FN5O3/c1-16-5-2-3-8-22(16)20(30)28(21(31)25-22)15-27-11-9-26(10-12-27)14-19(29)24-18-7-4-6-17(23)13-18/h4,6-7,13,16H,2-3,5,8-12,14-15H2,1H3,(H,24,29)(H,25,31)/t16-,22-/m0/s1. The Balaban J connectivity index is 1.26. The van der Waals surface area contributed by atoms with Gasteiger partial charge in [0, 0.05) is 31.9 Å². The van der Waals surface area contributed by atoms with Crippen LogP contribution in [0, 0.1) is 11.7 Å². The van der Waals surface area contributed by atoms with Crippen molar-refractivity contribution in [3.8, 4) is 0 Å². The van der Waals surface area contributed by atoms with Gasteiger partial charge in [0.15, 0.2) is 0 Å². The molecule has 9 heteroatoms. The number of benzene rings is 1. The van der Waals surface area contributed by atoms with Crippen molar-refractivity contribution in [1.29, 1.82) is 0 Å². The number of urea groups is 1. The first-order valence-electron chi connectivity index (χ1n) is 11.0. The van der Waals surface area contributed by atoms with Crippen LogP contribution in [0.4, 0.5) is 14.9 Å². The Bertz CT molecular complexity index is 857. The van der Waals surface area contributed by atoms with E-state index in [1.165, 1.54) is 17.0 Å². The normalized spacial score (nSPS) is 27.5. The number of nitrogens with one attached hydrogen (secondary N) is 2. The van der Waals surface area contributed by atoms with Crippen LogP contribution in [-0.4, -0.2) is 77.5 Å². The van der Waals surface area contributed by atoms with E-state index in [-0.39, 0.29) is 37.0 Å². The third kappa shape index (κ3) is 4.57. The SMILES string of the molecule is C[C@H]1CCCC[C@]12NC(=O)N(CN1CCN(CC(=O)Nc3cccc(F)c3)CC1)C2=O. The van der Waals surface area contributed by atoms with Gasteiger partial charge in [0.1, 0.15) is 11.4 Å². The number of rotatable bonds is 5. The second-order valence-corrected chi connectivity index (χ2v) is 8.88. The van der Waals surface area contributed by atoms with Gasteiger partial charge in [-0.3, -0.25) is 19.4 Å². The summed E-state index contributed by atoms with van der Waals surface area (Å²) in [6.45, 7) is 5.17. The molecule has 2 saturated heterocycles. The Labute approximate surface area is 181 Å². The molecule has 4 amide bonds. The number of carbonyl (C=O) groups is 3. The van der Waals surface area contributed by atoms with Gasteiger partial charge < -0.3 is 10.6 Å². The molecule has 168 valence electrons. The molecule has 2 N–H and O–H groups in total. The minimum Gasteiger partial charge on any atom is -0.325 e. The summed E-state index contributed by atoms with van der Waals surface area (Å²) >= 11 is 0. The molecule has 1 aromatic rings. The average Bonchev–Trinajstić information content (AvgIpc) is 2.96. The first-order valence-corrected chi connectivity index (χ1v) is 11.0. The monoisotopic (exact) mass is 431 g/mol. The Kier molecular flexibility index (Phi) is 6.24. The number of halogens is 1. The Hall–Kier alpha value is -2.52. The maximum atomic E-state index is 13.3. The zero-order chi connectivity index (χ0) is 22.0. The maximum Gasteiger partial charge on any atom is 0.326 e. The number of amides is 4. The zero-order valence-electron chi connectivity index (χ0n) is 17.9. The summed E-state index contributed by atoms with van der Waals surface area (Å²) in [6, 6.07) is 5.52. The smallest absolute Gasteiger partial charge is 0.325 e. The molecular formula is C22H30FN5O3. The van der Waals surface area contributed by atoms with Crippen molar-refractivity contribution in [3.05, 3.63) is 30.1 Å². The van der Waals surface area contributed by atoms with Crippen LogP contribution in [0.3, 0.4) is 0 Å². The second-order valence-electron chi connectivity index (χ2n) is 8.88.